The molecule has 0 saturated carbocycles. The number of methoxy groups -OCH3 is 1. The van der Waals surface area contributed by atoms with Crippen molar-refractivity contribution < 1.29 is 14.6 Å². The maximum absolute atomic E-state index is 11.3. The Hall–Kier alpha value is -1.89. The largest absolute Gasteiger partial charge is 0.478 e. The second kappa shape index (κ2) is 5.26. The van der Waals surface area contributed by atoms with E-state index in [1.165, 1.54) is 7.11 Å². The first-order valence-electron chi connectivity index (χ1n) is 4.65. The third-order valence-corrected chi connectivity index (χ3v) is 2.06. The summed E-state index contributed by atoms with van der Waals surface area (Å²) in [6, 6.07) is 0. The Labute approximate surface area is 91.5 Å². The number of hydrogen-bond acceptors (Lipinski definition) is 5. The average Bonchev–Trinajstić information content (AvgIpc) is 2.22. The second-order valence-electron chi connectivity index (χ2n) is 3.14. The zero-order valence-electron chi connectivity index (χ0n) is 8.84. The van der Waals surface area contributed by atoms with Gasteiger partial charge in [0.25, 0.3) is 0 Å². The molecular formula is C9H13N3O4. The van der Waals surface area contributed by atoms with Crippen LogP contribution >= 0.6 is 0 Å². The normalized spacial score (nSPS) is 10.3. The van der Waals surface area contributed by atoms with Gasteiger partial charge in [-0.3, -0.25) is 4.57 Å². The van der Waals surface area contributed by atoms with E-state index in [1.54, 1.807) is 0 Å². The maximum atomic E-state index is 11.3. The van der Waals surface area contributed by atoms with Crippen LogP contribution in [-0.2, 0) is 11.3 Å². The number of ether oxygens (including phenoxy) is 1. The Balaban J connectivity index is 3.02. The van der Waals surface area contributed by atoms with Gasteiger partial charge in [0.15, 0.2) is 0 Å². The van der Waals surface area contributed by atoms with Gasteiger partial charge >= 0.3 is 11.7 Å². The molecule has 1 aromatic heterocycles. The Morgan fingerprint density at radius 3 is 2.94 bits per heavy atom. The minimum Gasteiger partial charge on any atom is -0.478 e. The van der Waals surface area contributed by atoms with Gasteiger partial charge in [-0.15, -0.1) is 0 Å². The minimum atomic E-state index is -1.20. The Bertz CT molecular complexity index is 441. The van der Waals surface area contributed by atoms with Gasteiger partial charge in [0.2, 0.25) is 0 Å². The van der Waals surface area contributed by atoms with E-state index >= 15 is 0 Å². The predicted octanol–water partition coefficient (Wildman–Crippen LogP) is -0.440. The molecule has 0 fully saturated rings. The predicted molar refractivity (Wildman–Crippen MR) is 56.4 cm³/mol. The van der Waals surface area contributed by atoms with Crippen molar-refractivity contribution in [1.82, 2.24) is 9.55 Å². The zero-order chi connectivity index (χ0) is 12.1. The summed E-state index contributed by atoms with van der Waals surface area (Å²) in [5.41, 5.74) is 4.84. The van der Waals surface area contributed by atoms with E-state index in [4.69, 9.17) is 15.6 Å². The highest BCUT2D eigenvalue weighted by atomic mass is 16.5. The molecule has 0 radical (unpaired) electrons. The topological polar surface area (TPSA) is 107 Å². The van der Waals surface area contributed by atoms with Crippen molar-refractivity contribution in [3.8, 4) is 0 Å². The van der Waals surface area contributed by atoms with Crippen LogP contribution in [0.25, 0.3) is 0 Å². The van der Waals surface area contributed by atoms with Gasteiger partial charge in [-0.2, -0.15) is 0 Å². The fourth-order valence-corrected chi connectivity index (χ4v) is 1.25. The molecule has 1 heterocycles. The first kappa shape index (κ1) is 12.2. The number of carboxylic acid groups (broad SMARTS) is 1. The van der Waals surface area contributed by atoms with Crippen LogP contribution in [0.1, 0.15) is 16.8 Å². The van der Waals surface area contributed by atoms with Crippen LogP contribution < -0.4 is 11.4 Å². The van der Waals surface area contributed by atoms with E-state index in [2.05, 4.69) is 4.98 Å². The third kappa shape index (κ3) is 2.57. The van der Waals surface area contributed by atoms with Gasteiger partial charge in [0.1, 0.15) is 11.4 Å². The Morgan fingerprint density at radius 1 is 1.69 bits per heavy atom. The first-order valence-corrected chi connectivity index (χ1v) is 4.65. The van der Waals surface area contributed by atoms with E-state index in [-0.39, 0.29) is 17.9 Å². The molecule has 0 bridgehead atoms. The van der Waals surface area contributed by atoms with E-state index in [0.717, 1.165) is 10.8 Å². The van der Waals surface area contributed by atoms with Gasteiger partial charge in [0.05, 0.1) is 6.20 Å². The lowest BCUT2D eigenvalue weighted by atomic mass is 10.3. The molecule has 1 aromatic rings. The number of anilines is 1. The maximum Gasteiger partial charge on any atom is 0.349 e. The number of nitrogens with zero attached hydrogens (tertiary/aromatic N) is 2. The second-order valence-corrected chi connectivity index (χ2v) is 3.14. The van der Waals surface area contributed by atoms with E-state index in [0.29, 0.717) is 13.0 Å². The van der Waals surface area contributed by atoms with Crippen molar-refractivity contribution in [2.24, 2.45) is 0 Å². The molecule has 88 valence electrons. The molecule has 0 aliphatic heterocycles. The van der Waals surface area contributed by atoms with Crippen molar-refractivity contribution in [2.45, 2.75) is 13.0 Å². The molecule has 0 aromatic carbocycles. The average molecular weight is 227 g/mol. The number of carboxylic acids is 1. The monoisotopic (exact) mass is 227 g/mol. The van der Waals surface area contributed by atoms with Crippen LogP contribution in [0.2, 0.25) is 0 Å². The minimum absolute atomic E-state index is 0.0800. The number of nitrogens with two attached hydrogens (primary N) is 1. The smallest absolute Gasteiger partial charge is 0.349 e. The van der Waals surface area contributed by atoms with Crippen LogP contribution in [0.5, 0.6) is 0 Å². The number of aromatic carboxylic acids is 1. The summed E-state index contributed by atoms with van der Waals surface area (Å²) in [6.07, 6.45) is 1.53. The molecule has 0 aliphatic carbocycles. The molecule has 0 aliphatic rings. The van der Waals surface area contributed by atoms with Crippen LogP contribution in [-0.4, -0.2) is 34.3 Å². The van der Waals surface area contributed by atoms with Crippen molar-refractivity contribution in [1.29, 1.82) is 0 Å². The summed E-state index contributed by atoms with van der Waals surface area (Å²) >= 11 is 0. The van der Waals surface area contributed by atoms with Gasteiger partial charge in [-0.25, -0.2) is 14.6 Å². The quantitative estimate of drug-likeness (QED) is 0.660. The lowest BCUT2D eigenvalue weighted by Crippen LogP contribution is -2.28. The molecule has 0 unspecified atom stereocenters. The molecule has 0 spiro atoms. The summed E-state index contributed by atoms with van der Waals surface area (Å²) in [5, 5.41) is 8.79. The summed E-state index contributed by atoms with van der Waals surface area (Å²) in [5.74, 6) is -1.28. The van der Waals surface area contributed by atoms with Gasteiger partial charge < -0.3 is 15.6 Å². The molecule has 0 atom stereocenters. The van der Waals surface area contributed by atoms with E-state index < -0.39 is 11.7 Å². The van der Waals surface area contributed by atoms with Crippen LogP contribution in [0.3, 0.4) is 0 Å². The lowest BCUT2D eigenvalue weighted by Gasteiger charge is -2.09. The fourth-order valence-electron chi connectivity index (χ4n) is 1.25. The molecule has 0 saturated heterocycles. The fraction of sp³-hybridized carbons (Fsp3) is 0.444. The number of rotatable bonds is 5. The highest BCUT2D eigenvalue weighted by molar-refractivity contribution is 5.92. The molecule has 1 rings (SSSR count). The van der Waals surface area contributed by atoms with Crippen molar-refractivity contribution in [3.05, 3.63) is 22.2 Å². The van der Waals surface area contributed by atoms with Crippen LogP contribution in [0.15, 0.2) is 11.0 Å². The third-order valence-electron chi connectivity index (χ3n) is 2.06. The van der Waals surface area contributed by atoms with Crippen molar-refractivity contribution in [3.63, 3.8) is 0 Å². The number of hydrogen-bond donors (Lipinski definition) is 2. The molecule has 3 N–H and O–H groups in total. The van der Waals surface area contributed by atoms with Crippen molar-refractivity contribution >= 4 is 11.8 Å². The van der Waals surface area contributed by atoms with Crippen LogP contribution in [0.4, 0.5) is 5.82 Å². The highest BCUT2D eigenvalue weighted by Crippen LogP contribution is 2.07. The highest BCUT2D eigenvalue weighted by Gasteiger charge is 2.13. The summed E-state index contributed by atoms with van der Waals surface area (Å²) < 4.78 is 5.96. The number of carbonyl (C=O) groups is 1. The van der Waals surface area contributed by atoms with Gasteiger partial charge in [-0.1, -0.05) is 0 Å². The zero-order valence-corrected chi connectivity index (χ0v) is 8.84. The number of nitrogen functional groups attached to an aromatic ring is 1. The molecule has 16 heavy (non-hydrogen) atoms. The van der Waals surface area contributed by atoms with E-state index in [9.17, 15) is 9.59 Å². The first-order chi connectivity index (χ1) is 7.57. The van der Waals surface area contributed by atoms with Gasteiger partial charge in [-0.05, 0) is 6.42 Å². The summed E-state index contributed by atoms with van der Waals surface area (Å²) in [4.78, 5) is 25.5. The van der Waals surface area contributed by atoms with Gasteiger partial charge in [0, 0.05) is 20.3 Å². The van der Waals surface area contributed by atoms with Crippen molar-refractivity contribution in [2.75, 3.05) is 19.5 Å². The summed E-state index contributed by atoms with van der Waals surface area (Å²) in [6.45, 7) is 0.746. The SMILES string of the molecule is COCCCn1c(N)c(C(=O)O)cnc1=O. The van der Waals surface area contributed by atoms with Crippen LogP contribution in [0, 0.1) is 0 Å². The molecular weight excluding hydrogens is 214 g/mol. The molecule has 7 nitrogen and oxygen atoms in total. The molecule has 0 amide bonds. The Kier molecular flexibility index (Phi) is 4.01. The van der Waals surface area contributed by atoms with E-state index in [1.807, 2.05) is 0 Å². The molecule has 7 heteroatoms. The standard InChI is InChI=1S/C9H13N3O4/c1-16-4-2-3-12-7(10)6(8(13)14)5-11-9(12)15/h5H,2-4,10H2,1H3,(H,13,14). The lowest BCUT2D eigenvalue weighted by molar-refractivity contribution is 0.0696. The summed E-state index contributed by atoms with van der Waals surface area (Å²) in [7, 11) is 1.54. The Morgan fingerprint density at radius 2 is 2.38 bits per heavy atom. The number of aromatic nitrogens is 2.